The summed E-state index contributed by atoms with van der Waals surface area (Å²) in [6, 6.07) is 10.6. The lowest BCUT2D eigenvalue weighted by atomic mass is 9.93. The van der Waals surface area contributed by atoms with Crippen LogP contribution in [0.1, 0.15) is 54.5 Å². The maximum atomic E-state index is 14.9. The first-order valence-corrected chi connectivity index (χ1v) is 11.5. The minimum Gasteiger partial charge on any atom is -0.369 e. The second-order valence-corrected chi connectivity index (χ2v) is 10.4. The van der Waals surface area contributed by atoms with Gasteiger partial charge in [0.25, 0.3) is 0 Å². The van der Waals surface area contributed by atoms with E-state index in [-0.39, 0.29) is 23.7 Å². The molecule has 4 rings (SSSR count). The number of rotatable bonds is 5. The summed E-state index contributed by atoms with van der Waals surface area (Å²) in [4.78, 5) is 11.7. The van der Waals surface area contributed by atoms with E-state index in [1.165, 1.54) is 4.31 Å². The number of carbonyl (C=O) groups excluding carboxylic acids is 1. The lowest BCUT2D eigenvalue weighted by molar-refractivity contribution is -0.120. The zero-order chi connectivity index (χ0) is 21.7. The fourth-order valence-electron chi connectivity index (χ4n) is 4.37. The predicted molar refractivity (Wildman–Crippen MR) is 109 cm³/mol. The molecule has 30 heavy (non-hydrogen) atoms. The molecule has 1 aliphatic heterocycles. The molecule has 0 aromatic heterocycles. The van der Waals surface area contributed by atoms with E-state index >= 15 is 0 Å². The molecule has 0 radical (unpaired) electrons. The topological polar surface area (TPSA) is 80.5 Å². The first-order chi connectivity index (χ1) is 14.2. The van der Waals surface area contributed by atoms with Crippen molar-refractivity contribution in [3.8, 4) is 0 Å². The van der Waals surface area contributed by atoms with Crippen LogP contribution in [0, 0.1) is 11.6 Å². The number of primary amides is 1. The lowest BCUT2D eigenvalue weighted by Crippen LogP contribution is -2.44. The SMILES string of the molecule is C[C@H]1CC[C@H](c2ccccc2)S(=O)(=O)N1Cc1cc(F)c(C2(C(N)=O)CC2)cc1F. The fourth-order valence-corrected chi connectivity index (χ4v) is 6.56. The molecule has 2 fully saturated rings. The second kappa shape index (κ2) is 7.42. The van der Waals surface area contributed by atoms with Crippen LogP contribution < -0.4 is 5.73 Å². The molecule has 0 spiro atoms. The molecule has 0 unspecified atom stereocenters. The predicted octanol–water partition coefficient (Wildman–Crippen LogP) is 3.54. The van der Waals surface area contributed by atoms with Gasteiger partial charge in [-0.15, -0.1) is 0 Å². The summed E-state index contributed by atoms with van der Waals surface area (Å²) < 4.78 is 57.5. The van der Waals surface area contributed by atoms with Gasteiger partial charge in [0.1, 0.15) is 16.9 Å². The summed E-state index contributed by atoms with van der Waals surface area (Å²) in [5, 5.41) is -0.716. The van der Waals surface area contributed by atoms with Crippen LogP contribution in [-0.4, -0.2) is 24.7 Å². The first-order valence-electron chi connectivity index (χ1n) is 10.0. The number of benzene rings is 2. The van der Waals surface area contributed by atoms with Crippen LogP contribution in [0.5, 0.6) is 0 Å². The molecule has 0 bridgehead atoms. The molecular formula is C22H24F2N2O3S. The van der Waals surface area contributed by atoms with Gasteiger partial charge in [0.05, 0.1) is 5.41 Å². The summed E-state index contributed by atoms with van der Waals surface area (Å²) in [6.45, 7) is 1.51. The number of nitrogens with two attached hydrogens (primary N) is 1. The minimum absolute atomic E-state index is 0.0482. The molecule has 2 aromatic carbocycles. The molecule has 5 nitrogen and oxygen atoms in total. The standard InChI is InChI=1S/C22H24F2N2O3S/c1-14-7-8-20(15-5-3-2-4-6-15)30(28,29)26(14)13-16-11-19(24)17(12-18(16)23)22(9-10-22)21(25)27/h2-6,11-12,14,20H,7-10,13H2,1H3,(H2,25,27)/t14-,20+/m0/s1. The quantitative estimate of drug-likeness (QED) is 0.782. The third-order valence-corrected chi connectivity index (χ3v) is 8.77. The van der Waals surface area contributed by atoms with Crippen LogP contribution in [0.25, 0.3) is 0 Å². The Morgan fingerprint density at radius 3 is 2.40 bits per heavy atom. The van der Waals surface area contributed by atoms with Gasteiger partial charge in [0, 0.05) is 23.7 Å². The van der Waals surface area contributed by atoms with E-state index in [9.17, 15) is 22.0 Å². The van der Waals surface area contributed by atoms with Crippen molar-refractivity contribution in [1.82, 2.24) is 4.31 Å². The zero-order valence-electron chi connectivity index (χ0n) is 16.6. The van der Waals surface area contributed by atoms with Gasteiger partial charge in [-0.05, 0) is 50.3 Å². The van der Waals surface area contributed by atoms with E-state index in [2.05, 4.69) is 0 Å². The minimum atomic E-state index is -3.76. The number of halogens is 2. The highest BCUT2D eigenvalue weighted by molar-refractivity contribution is 7.89. The number of hydrogen-bond acceptors (Lipinski definition) is 3. The van der Waals surface area contributed by atoms with Crippen molar-refractivity contribution in [2.75, 3.05) is 0 Å². The summed E-state index contributed by atoms with van der Waals surface area (Å²) in [7, 11) is -3.76. The lowest BCUT2D eigenvalue weighted by Gasteiger charge is -2.37. The largest absolute Gasteiger partial charge is 0.369 e. The number of nitrogens with zero attached hydrogens (tertiary/aromatic N) is 1. The summed E-state index contributed by atoms with van der Waals surface area (Å²) in [5.74, 6) is -2.14. The van der Waals surface area contributed by atoms with Crippen LogP contribution in [-0.2, 0) is 26.8 Å². The monoisotopic (exact) mass is 434 g/mol. The third-order valence-electron chi connectivity index (χ3n) is 6.40. The van der Waals surface area contributed by atoms with Crippen molar-refractivity contribution in [3.05, 3.63) is 70.8 Å². The molecule has 2 atom stereocenters. The molecule has 8 heteroatoms. The van der Waals surface area contributed by atoms with Crippen molar-refractivity contribution < 1.29 is 22.0 Å². The van der Waals surface area contributed by atoms with Gasteiger partial charge in [-0.25, -0.2) is 17.2 Å². The van der Waals surface area contributed by atoms with Gasteiger partial charge >= 0.3 is 0 Å². The molecule has 1 aliphatic carbocycles. The van der Waals surface area contributed by atoms with Gasteiger partial charge < -0.3 is 5.73 Å². The van der Waals surface area contributed by atoms with Crippen molar-refractivity contribution in [3.63, 3.8) is 0 Å². The third kappa shape index (κ3) is 3.41. The number of carbonyl (C=O) groups is 1. The Bertz CT molecular complexity index is 1090. The van der Waals surface area contributed by atoms with Gasteiger partial charge in [0.2, 0.25) is 15.9 Å². The van der Waals surface area contributed by atoms with Crippen molar-refractivity contribution >= 4 is 15.9 Å². The van der Waals surface area contributed by atoms with Gasteiger partial charge in [-0.2, -0.15) is 4.31 Å². The van der Waals surface area contributed by atoms with Gasteiger partial charge in [-0.1, -0.05) is 30.3 Å². The maximum absolute atomic E-state index is 14.9. The Balaban J connectivity index is 1.66. The Kier molecular flexibility index (Phi) is 5.18. The number of hydrogen-bond donors (Lipinski definition) is 1. The highest BCUT2D eigenvalue weighted by Crippen LogP contribution is 2.49. The normalized spacial score (nSPS) is 25.0. The van der Waals surface area contributed by atoms with E-state index in [1.54, 1.807) is 31.2 Å². The van der Waals surface area contributed by atoms with E-state index in [1.807, 2.05) is 6.07 Å². The Morgan fingerprint density at radius 2 is 1.80 bits per heavy atom. The molecule has 1 saturated heterocycles. The number of amides is 1. The molecule has 2 aromatic rings. The number of sulfonamides is 1. The summed E-state index contributed by atoms with van der Waals surface area (Å²) in [6.07, 6.45) is 1.86. The van der Waals surface area contributed by atoms with Crippen LogP contribution in [0.15, 0.2) is 42.5 Å². The first kappa shape index (κ1) is 20.9. The van der Waals surface area contributed by atoms with E-state index in [0.717, 1.165) is 12.1 Å². The molecular weight excluding hydrogens is 410 g/mol. The smallest absolute Gasteiger partial charge is 0.228 e. The van der Waals surface area contributed by atoms with E-state index in [0.29, 0.717) is 31.2 Å². The van der Waals surface area contributed by atoms with Crippen molar-refractivity contribution in [2.24, 2.45) is 5.73 Å². The molecule has 2 N–H and O–H groups in total. The van der Waals surface area contributed by atoms with Crippen LogP contribution in [0.4, 0.5) is 8.78 Å². The molecule has 160 valence electrons. The Morgan fingerprint density at radius 1 is 1.13 bits per heavy atom. The van der Waals surface area contributed by atoms with Crippen molar-refractivity contribution in [1.29, 1.82) is 0 Å². The fraction of sp³-hybridized carbons (Fsp3) is 0.409. The summed E-state index contributed by atoms with van der Waals surface area (Å²) in [5.41, 5.74) is 4.82. The molecule has 1 amide bonds. The van der Waals surface area contributed by atoms with Crippen molar-refractivity contribution in [2.45, 2.75) is 55.9 Å². The van der Waals surface area contributed by atoms with E-state index in [4.69, 9.17) is 5.73 Å². The van der Waals surface area contributed by atoms with E-state index < -0.39 is 38.2 Å². The highest BCUT2D eigenvalue weighted by Gasteiger charge is 2.52. The molecule has 1 heterocycles. The Hall–Kier alpha value is -2.32. The van der Waals surface area contributed by atoms with Gasteiger partial charge in [0.15, 0.2) is 0 Å². The second-order valence-electron chi connectivity index (χ2n) is 8.29. The highest BCUT2D eigenvalue weighted by atomic mass is 32.2. The van der Waals surface area contributed by atoms with Gasteiger partial charge in [-0.3, -0.25) is 4.79 Å². The maximum Gasteiger partial charge on any atom is 0.228 e. The molecule has 1 saturated carbocycles. The average molecular weight is 435 g/mol. The van der Waals surface area contributed by atoms with Crippen LogP contribution >= 0.6 is 0 Å². The summed E-state index contributed by atoms with van der Waals surface area (Å²) >= 11 is 0. The zero-order valence-corrected chi connectivity index (χ0v) is 17.5. The Labute approximate surface area is 174 Å². The van der Waals surface area contributed by atoms with Crippen LogP contribution in [0.3, 0.4) is 0 Å². The molecule has 2 aliphatic rings. The van der Waals surface area contributed by atoms with Crippen LogP contribution in [0.2, 0.25) is 0 Å². The average Bonchev–Trinajstić information content (AvgIpc) is 3.50.